The number of rotatable bonds is 2. The predicted molar refractivity (Wildman–Crippen MR) is 100 cm³/mol. The first kappa shape index (κ1) is 18.0. The summed E-state index contributed by atoms with van der Waals surface area (Å²) in [7, 11) is 0. The third-order valence-corrected chi connectivity index (χ3v) is 4.80. The number of aromatic nitrogens is 3. The lowest BCUT2D eigenvalue weighted by atomic mass is 10.1. The average Bonchev–Trinajstić information content (AvgIpc) is 2.72. The molecule has 150 valence electrons. The molecule has 30 heavy (non-hydrogen) atoms. The molecule has 0 spiro atoms. The zero-order valence-electron chi connectivity index (χ0n) is 15.3. The van der Waals surface area contributed by atoms with Crippen LogP contribution >= 0.6 is 0 Å². The number of halogens is 2. The van der Waals surface area contributed by atoms with Crippen molar-refractivity contribution in [2.75, 3.05) is 6.61 Å². The van der Waals surface area contributed by atoms with E-state index in [1.807, 2.05) is 0 Å². The zero-order valence-corrected chi connectivity index (χ0v) is 15.3. The van der Waals surface area contributed by atoms with Crippen molar-refractivity contribution >= 4 is 27.8 Å². The third kappa shape index (κ3) is 2.36. The van der Waals surface area contributed by atoms with Crippen molar-refractivity contribution in [2.45, 2.75) is 6.92 Å². The quantitative estimate of drug-likeness (QED) is 0.445. The first-order valence-corrected chi connectivity index (χ1v) is 8.81. The highest BCUT2D eigenvalue weighted by atomic mass is 19.2. The number of benzene rings is 2. The van der Waals surface area contributed by atoms with Gasteiger partial charge in [-0.1, -0.05) is 0 Å². The Hall–Kier alpha value is -4.08. The first-order chi connectivity index (χ1) is 14.4. The average molecular weight is 411 g/mol. The molecule has 1 aliphatic rings. The van der Waals surface area contributed by atoms with Crippen LogP contribution < -0.4 is 10.2 Å². The van der Waals surface area contributed by atoms with Gasteiger partial charge < -0.3 is 19.1 Å². The van der Waals surface area contributed by atoms with Gasteiger partial charge in [-0.25, -0.2) is 19.2 Å². The van der Waals surface area contributed by atoms with Crippen molar-refractivity contribution in [3.63, 3.8) is 0 Å². The van der Waals surface area contributed by atoms with E-state index in [-0.39, 0.29) is 40.1 Å². The van der Waals surface area contributed by atoms with Gasteiger partial charge in [0.05, 0.1) is 28.6 Å². The van der Waals surface area contributed by atoms with Gasteiger partial charge in [-0.05, 0) is 25.1 Å². The van der Waals surface area contributed by atoms with E-state index in [4.69, 9.17) is 9.47 Å². The maximum Gasteiger partial charge on any atom is 0.343 e. The van der Waals surface area contributed by atoms with Crippen LogP contribution in [0.15, 0.2) is 35.5 Å². The van der Waals surface area contributed by atoms with Gasteiger partial charge in [0.1, 0.15) is 17.4 Å². The lowest BCUT2D eigenvalue weighted by Crippen LogP contribution is -2.22. The molecule has 8 nitrogen and oxygen atoms in total. The second-order valence-corrected chi connectivity index (χ2v) is 6.50. The van der Waals surface area contributed by atoms with Crippen LogP contribution in [0.4, 0.5) is 8.78 Å². The largest absolute Gasteiger partial charge is 0.493 e. The van der Waals surface area contributed by atoms with Crippen molar-refractivity contribution in [3.8, 4) is 23.1 Å². The molecule has 0 fully saturated rings. The van der Waals surface area contributed by atoms with Crippen LogP contribution in [-0.4, -0.2) is 32.2 Å². The van der Waals surface area contributed by atoms with Gasteiger partial charge in [0.15, 0.2) is 17.3 Å². The monoisotopic (exact) mass is 411 g/mol. The maximum atomic E-state index is 14.6. The van der Waals surface area contributed by atoms with Crippen molar-refractivity contribution in [1.29, 1.82) is 0 Å². The number of hydrogen-bond donors (Lipinski definition) is 1. The minimum absolute atomic E-state index is 0.0277. The summed E-state index contributed by atoms with van der Waals surface area (Å²) < 4.78 is 40.6. The van der Waals surface area contributed by atoms with Crippen molar-refractivity contribution in [3.05, 3.63) is 58.1 Å². The fourth-order valence-corrected chi connectivity index (χ4v) is 3.48. The Labute approximate surface area is 165 Å². The Kier molecular flexibility index (Phi) is 3.72. The van der Waals surface area contributed by atoms with Gasteiger partial charge in [-0.3, -0.25) is 4.79 Å². The van der Waals surface area contributed by atoms with E-state index in [9.17, 15) is 23.5 Å². The molecule has 1 N–H and O–H groups in total. The Balaban J connectivity index is 1.94. The molecule has 4 aromatic rings. The van der Waals surface area contributed by atoms with Gasteiger partial charge in [-0.15, -0.1) is 0 Å². The SMILES string of the molecule is CCOC(=O)c1cn2c3c(c(F)c(F)cc3c1=O)Oc1cc3c(O)ncnc3cc1-2. The lowest BCUT2D eigenvalue weighted by molar-refractivity contribution is 0.0524. The number of carbonyl (C=O) groups is 1. The van der Waals surface area contributed by atoms with E-state index in [2.05, 4.69) is 9.97 Å². The molecule has 5 rings (SSSR count). The van der Waals surface area contributed by atoms with E-state index >= 15 is 0 Å². The van der Waals surface area contributed by atoms with Crippen LogP contribution in [0.5, 0.6) is 17.4 Å². The van der Waals surface area contributed by atoms with Crippen molar-refractivity contribution < 1.29 is 28.2 Å². The summed E-state index contributed by atoms with van der Waals surface area (Å²) in [5.74, 6) is -4.29. The number of esters is 1. The Morgan fingerprint density at radius 3 is 2.80 bits per heavy atom. The number of hydrogen-bond acceptors (Lipinski definition) is 7. The zero-order chi connectivity index (χ0) is 21.2. The fraction of sp³-hybridized carbons (Fsp3) is 0.100. The molecule has 0 unspecified atom stereocenters. The Bertz CT molecular complexity index is 1470. The number of aromatic hydroxyl groups is 1. The molecule has 0 aliphatic carbocycles. The summed E-state index contributed by atoms with van der Waals surface area (Å²) in [6.07, 6.45) is 2.35. The molecule has 0 bridgehead atoms. The van der Waals surface area contributed by atoms with E-state index in [0.29, 0.717) is 11.2 Å². The molecule has 2 aromatic carbocycles. The Morgan fingerprint density at radius 1 is 1.23 bits per heavy atom. The van der Waals surface area contributed by atoms with Gasteiger partial charge in [-0.2, -0.15) is 4.39 Å². The molecule has 3 heterocycles. The van der Waals surface area contributed by atoms with Gasteiger partial charge in [0.2, 0.25) is 17.1 Å². The van der Waals surface area contributed by atoms with Crippen LogP contribution in [0.2, 0.25) is 0 Å². The maximum absolute atomic E-state index is 14.6. The van der Waals surface area contributed by atoms with Crippen LogP contribution in [-0.2, 0) is 4.74 Å². The topological polar surface area (TPSA) is 104 Å². The molecular formula is C20H11F2N3O5. The molecular weight excluding hydrogens is 400 g/mol. The smallest absolute Gasteiger partial charge is 0.343 e. The number of nitrogens with zero attached hydrogens (tertiary/aromatic N) is 3. The van der Waals surface area contributed by atoms with Crippen LogP contribution in [0.25, 0.3) is 27.5 Å². The fourth-order valence-electron chi connectivity index (χ4n) is 3.48. The lowest BCUT2D eigenvalue weighted by Gasteiger charge is -2.24. The van der Waals surface area contributed by atoms with Gasteiger partial charge in [0, 0.05) is 6.20 Å². The minimum atomic E-state index is -1.31. The molecule has 0 saturated carbocycles. The number of carbonyl (C=O) groups excluding carboxylic acids is 1. The van der Waals surface area contributed by atoms with E-state index in [1.54, 1.807) is 6.92 Å². The molecule has 2 aromatic heterocycles. The summed E-state index contributed by atoms with van der Waals surface area (Å²) in [6.45, 7) is 1.61. The van der Waals surface area contributed by atoms with E-state index < -0.39 is 28.8 Å². The minimum Gasteiger partial charge on any atom is -0.493 e. The summed E-state index contributed by atoms with van der Waals surface area (Å²) >= 11 is 0. The molecule has 0 radical (unpaired) electrons. The second kappa shape index (κ2) is 6.21. The standard InChI is InChI=1S/C20H11F2N3O5/c1-2-29-20(28)10-6-25-13-5-12-8(19(27)24-7-23-12)4-14(13)30-18-15(22)11(21)3-9(16(18)25)17(10)26/h3-7H,2H2,1H3,(H,23,24,27). The van der Waals surface area contributed by atoms with Crippen LogP contribution in [0.1, 0.15) is 17.3 Å². The molecule has 1 aliphatic heterocycles. The van der Waals surface area contributed by atoms with Crippen molar-refractivity contribution in [1.82, 2.24) is 14.5 Å². The summed E-state index contributed by atoms with van der Waals surface area (Å²) in [4.78, 5) is 32.9. The second-order valence-electron chi connectivity index (χ2n) is 6.50. The number of fused-ring (bicyclic) bond motifs is 3. The van der Waals surface area contributed by atoms with E-state index in [0.717, 1.165) is 12.4 Å². The van der Waals surface area contributed by atoms with Gasteiger partial charge >= 0.3 is 5.97 Å². The highest BCUT2D eigenvalue weighted by Crippen LogP contribution is 2.43. The number of pyridine rings is 1. The molecule has 0 amide bonds. The summed E-state index contributed by atoms with van der Waals surface area (Å²) in [5, 5.41) is 9.96. The summed E-state index contributed by atoms with van der Waals surface area (Å²) in [6, 6.07) is 3.59. The van der Waals surface area contributed by atoms with Crippen LogP contribution in [0, 0.1) is 11.6 Å². The van der Waals surface area contributed by atoms with Crippen molar-refractivity contribution in [2.24, 2.45) is 0 Å². The molecule has 10 heteroatoms. The van der Waals surface area contributed by atoms with Crippen LogP contribution in [0.3, 0.4) is 0 Å². The predicted octanol–water partition coefficient (Wildman–Crippen LogP) is 3.20. The number of ether oxygens (including phenoxy) is 2. The van der Waals surface area contributed by atoms with Gasteiger partial charge in [0.25, 0.3) is 0 Å². The first-order valence-electron chi connectivity index (χ1n) is 8.81. The normalized spacial score (nSPS) is 12.0. The highest BCUT2D eigenvalue weighted by molar-refractivity contribution is 5.98. The van der Waals surface area contributed by atoms with E-state index in [1.165, 1.54) is 22.9 Å². The Morgan fingerprint density at radius 2 is 2.03 bits per heavy atom. The molecule has 0 atom stereocenters. The molecule has 0 saturated heterocycles. The third-order valence-electron chi connectivity index (χ3n) is 4.80. The highest BCUT2D eigenvalue weighted by Gasteiger charge is 2.29. The summed E-state index contributed by atoms with van der Waals surface area (Å²) in [5.41, 5.74) is -0.570.